The van der Waals surface area contributed by atoms with Gasteiger partial charge >= 0.3 is 29.8 Å². The molecular weight excluding hydrogens is 1110 g/mol. The van der Waals surface area contributed by atoms with Crippen LogP contribution in [0, 0.1) is 5.92 Å². The zero-order valence-electron chi connectivity index (χ0n) is 53.8. The van der Waals surface area contributed by atoms with E-state index < -0.39 is 24.4 Å². The number of aliphatic hydroxyl groups is 4. The molecule has 0 amide bonds. The van der Waals surface area contributed by atoms with E-state index in [9.17, 15) is 44.4 Å². The van der Waals surface area contributed by atoms with Crippen molar-refractivity contribution < 1.29 is 68.1 Å². The Labute approximate surface area is 517 Å². The molecule has 1 heterocycles. The molecule has 1 saturated heterocycles. The predicted molar refractivity (Wildman–Crippen MR) is 340 cm³/mol. The fourth-order valence-electron chi connectivity index (χ4n) is 9.89. The maximum absolute atomic E-state index is 12.8. The molecule has 0 bridgehead atoms. The van der Waals surface area contributed by atoms with E-state index in [4.69, 9.17) is 23.7 Å². The summed E-state index contributed by atoms with van der Waals surface area (Å²) in [6.45, 7) is 23.8. The number of aliphatic hydroxyl groups excluding tert-OH is 4. The van der Waals surface area contributed by atoms with Crippen molar-refractivity contribution in [3.05, 3.63) is 0 Å². The second-order valence-electron chi connectivity index (χ2n) is 24.3. The molecule has 0 aromatic carbocycles. The molecule has 0 saturated carbocycles. The van der Waals surface area contributed by atoms with Crippen molar-refractivity contribution in [1.29, 1.82) is 0 Å². The van der Waals surface area contributed by atoms with Crippen molar-refractivity contribution in [2.45, 2.75) is 265 Å². The topological polar surface area (TPSA) is 225 Å². The van der Waals surface area contributed by atoms with Crippen LogP contribution in [0.1, 0.15) is 228 Å². The first-order valence-electron chi connectivity index (χ1n) is 33.1. The third-order valence-corrected chi connectivity index (χ3v) is 17.2. The fraction of sp³-hybridized carbons (Fsp3) is 0.922. The van der Waals surface area contributed by atoms with Crippen molar-refractivity contribution in [2.24, 2.45) is 5.92 Å². The lowest BCUT2D eigenvalue weighted by Crippen LogP contribution is -2.47. The van der Waals surface area contributed by atoms with E-state index in [2.05, 4.69) is 40.4 Å². The SMILES string of the molecule is CCCCOC(=O)CCCCCCC(O)CN(CCCCC(=O)OCCN1CCN(CCSSCCCCN(CC(O)CCCCC(=O)OC(C)C)CC(O)CCCCC(=O)OC(C)C)CC1)CC(O)CCCCCCC(=O)OCCC(C)C. The van der Waals surface area contributed by atoms with Gasteiger partial charge in [0, 0.05) is 109 Å². The van der Waals surface area contributed by atoms with E-state index in [-0.39, 0.29) is 42.1 Å². The number of hydrogen-bond acceptors (Lipinski definition) is 20. The van der Waals surface area contributed by atoms with Crippen LogP contribution in [0.25, 0.3) is 0 Å². The molecule has 0 radical (unpaired) electrons. The van der Waals surface area contributed by atoms with Crippen molar-refractivity contribution in [3.8, 4) is 0 Å². The normalized spacial score (nSPS) is 14.8. The number of carbonyl (C=O) groups is 5. The Morgan fingerprint density at radius 1 is 0.405 bits per heavy atom. The second-order valence-corrected chi connectivity index (χ2v) is 27.0. The van der Waals surface area contributed by atoms with Crippen LogP contribution in [0.2, 0.25) is 0 Å². The third kappa shape index (κ3) is 50.7. The van der Waals surface area contributed by atoms with Crippen LogP contribution < -0.4 is 0 Å². The van der Waals surface area contributed by atoms with Crippen LogP contribution in [-0.2, 0) is 47.7 Å². The monoisotopic (exact) mass is 1230 g/mol. The van der Waals surface area contributed by atoms with Crippen molar-refractivity contribution >= 4 is 51.4 Å². The van der Waals surface area contributed by atoms with Gasteiger partial charge in [-0.05, 0) is 137 Å². The Balaban J connectivity index is 2.40. The molecule has 1 rings (SSSR count). The summed E-state index contributed by atoms with van der Waals surface area (Å²) >= 11 is 0. The quantitative estimate of drug-likeness (QED) is 0.0192. The van der Waals surface area contributed by atoms with Crippen LogP contribution >= 0.6 is 21.6 Å². The Hall–Kier alpha value is -2.27. The third-order valence-electron chi connectivity index (χ3n) is 14.8. The second kappa shape index (κ2) is 53.7. The highest BCUT2D eigenvalue weighted by atomic mass is 33.1. The average Bonchev–Trinajstić information content (AvgIpc) is 3.49. The molecule has 1 aliphatic heterocycles. The van der Waals surface area contributed by atoms with Gasteiger partial charge in [0.05, 0.1) is 49.8 Å². The van der Waals surface area contributed by atoms with E-state index in [0.29, 0.717) is 142 Å². The molecule has 494 valence electrons. The molecule has 0 spiro atoms. The maximum atomic E-state index is 12.8. The Morgan fingerprint density at radius 2 is 0.762 bits per heavy atom. The van der Waals surface area contributed by atoms with Crippen molar-refractivity contribution in [3.63, 3.8) is 0 Å². The van der Waals surface area contributed by atoms with Gasteiger partial charge in [0.25, 0.3) is 0 Å². The van der Waals surface area contributed by atoms with Gasteiger partial charge in [0.2, 0.25) is 0 Å². The van der Waals surface area contributed by atoms with Crippen molar-refractivity contribution in [1.82, 2.24) is 19.6 Å². The van der Waals surface area contributed by atoms with Crippen molar-refractivity contribution in [2.75, 3.05) is 110 Å². The number of ether oxygens (including phenoxy) is 5. The van der Waals surface area contributed by atoms with Gasteiger partial charge in [-0.1, -0.05) is 100 Å². The Kier molecular flexibility index (Phi) is 51.0. The fourth-order valence-corrected chi connectivity index (χ4v) is 12.1. The van der Waals surface area contributed by atoms with Gasteiger partial charge in [-0.15, -0.1) is 0 Å². The van der Waals surface area contributed by atoms with Crippen LogP contribution in [0.4, 0.5) is 0 Å². The summed E-state index contributed by atoms with van der Waals surface area (Å²) in [4.78, 5) is 69.7. The number of esters is 5. The molecule has 1 aliphatic rings. The lowest BCUT2D eigenvalue weighted by Gasteiger charge is -2.34. The zero-order valence-corrected chi connectivity index (χ0v) is 55.5. The predicted octanol–water partition coefficient (Wildman–Crippen LogP) is 10.2. The van der Waals surface area contributed by atoms with Crippen LogP contribution in [-0.4, -0.2) is 216 Å². The summed E-state index contributed by atoms with van der Waals surface area (Å²) in [7, 11) is 3.80. The molecule has 84 heavy (non-hydrogen) atoms. The number of unbranched alkanes of at least 4 members (excludes halogenated alkanes) is 11. The first-order chi connectivity index (χ1) is 40.3. The minimum Gasteiger partial charge on any atom is -0.466 e. The molecule has 18 nitrogen and oxygen atoms in total. The number of hydrogen-bond donors (Lipinski definition) is 4. The van der Waals surface area contributed by atoms with Gasteiger partial charge in [-0.3, -0.25) is 43.6 Å². The molecular formula is C64H122N4O14S2. The van der Waals surface area contributed by atoms with Gasteiger partial charge in [-0.2, -0.15) is 0 Å². The Morgan fingerprint density at radius 3 is 1.20 bits per heavy atom. The largest absolute Gasteiger partial charge is 0.466 e. The number of piperazine rings is 1. The van der Waals surface area contributed by atoms with E-state index in [1.54, 1.807) is 0 Å². The smallest absolute Gasteiger partial charge is 0.306 e. The number of nitrogens with zero attached hydrogens (tertiary/aromatic N) is 4. The van der Waals surface area contributed by atoms with Gasteiger partial charge in [0.15, 0.2) is 0 Å². The summed E-state index contributed by atoms with van der Waals surface area (Å²) in [5, 5.41) is 43.9. The van der Waals surface area contributed by atoms with E-state index >= 15 is 0 Å². The molecule has 4 atom stereocenters. The summed E-state index contributed by atoms with van der Waals surface area (Å²) in [5.74, 6) is 1.68. The van der Waals surface area contributed by atoms with Crippen LogP contribution in [0.3, 0.4) is 0 Å². The highest BCUT2D eigenvalue weighted by Crippen LogP contribution is 2.23. The minimum atomic E-state index is -0.552. The molecule has 4 unspecified atom stereocenters. The molecule has 0 aromatic heterocycles. The summed E-state index contributed by atoms with van der Waals surface area (Å²) in [6.07, 6.45) is 17.8. The number of carbonyl (C=O) groups excluding carboxylic acids is 5. The first kappa shape index (κ1) is 79.7. The standard InChI is InChI=1S/C64H122N4O14S2/c1-8-9-44-78-60(73)30-16-12-10-14-26-56(69)49-67(50-57(70)27-15-11-13-17-31-61(74)79-45-35-53(2)3)36-23-22-32-62(75)80-46-42-65-38-40-66(41-39-65)43-48-84-83-47-25-24-37-68(51-58(71)28-18-20-33-63(76)81-54(4)5)52-59(72)29-19-21-34-64(77)82-55(6)7/h53-59,69-72H,8-52H2,1-7H3. The molecule has 20 heteroatoms. The van der Waals surface area contributed by atoms with Gasteiger partial charge in [-0.25, -0.2) is 0 Å². The molecule has 4 N–H and O–H groups in total. The molecule has 0 aromatic rings. The van der Waals surface area contributed by atoms with Gasteiger partial charge in [0.1, 0.15) is 6.61 Å². The lowest BCUT2D eigenvalue weighted by molar-refractivity contribution is -0.148. The summed E-state index contributed by atoms with van der Waals surface area (Å²) in [5.41, 5.74) is 0. The van der Waals surface area contributed by atoms with Gasteiger partial charge < -0.3 is 44.1 Å². The van der Waals surface area contributed by atoms with E-state index in [0.717, 1.165) is 154 Å². The van der Waals surface area contributed by atoms with Crippen LogP contribution in [0.5, 0.6) is 0 Å². The lowest BCUT2D eigenvalue weighted by atomic mass is 10.1. The Bertz CT molecular complexity index is 1590. The highest BCUT2D eigenvalue weighted by Gasteiger charge is 2.21. The number of rotatable bonds is 57. The van der Waals surface area contributed by atoms with E-state index in [1.807, 2.05) is 49.3 Å². The first-order valence-corrected chi connectivity index (χ1v) is 35.6. The maximum Gasteiger partial charge on any atom is 0.306 e. The van der Waals surface area contributed by atoms with Crippen LogP contribution in [0.15, 0.2) is 0 Å². The summed E-state index contributed by atoms with van der Waals surface area (Å²) in [6, 6.07) is 0. The molecule has 1 fully saturated rings. The highest BCUT2D eigenvalue weighted by molar-refractivity contribution is 8.76. The van der Waals surface area contributed by atoms with E-state index in [1.165, 1.54) is 0 Å². The average molecular weight is 1240 g/mol. The zero-order chi connectivity index (χ0) is 62.0. The minimum absolute atomic E-state index is 0.135. The molecule has 0 aliphatic carbocycles. The summed E-state index contributed by atoms with van der Waals surface area (Å²) < 4.78 is 26.7.